The number of nitrogens with zero attached hydrogens (tertiary/aromatic N) is 2. The van der Waals surface area contributed by atoms with Crippen LogP contribution in [0.2, 0.25) is 0 Å². The van der Waals surface area contributed by atoms with Crippen molar-refractivity contribution in [2.24, 2.45) is 11.8 Å². The summed E-state index contributed by atoms with van der Waals surface area (Å²) in [6.07, 6.45) is 5.89. The fourth-order valence-electron chi connectivity index (χ4n) is 5.98. The van der Waals surface area contributed by atoms with Crippen molar-refractivity contribution < 1.29 is 27.3 Å². The normalized spacial score (nSPS) is 20.6. The monoisotopic (exact) mass is 572 g/mol. The Bertz CT molecular complexity index is 1260. The van der Waals surface area contributed by atoms with E-state index in [4.69, 9.17) is 4.74 Å². The molecule has 216 valence electrons. The van der Waals surface area contributed by atoms with Crippen molar-refractivity contribution in [1.82, 2.24) is 9.80 Å². The van der Waals surface area contributed by atoms with Crippen LogP contribution in [0.4, 0.5) is 8.78 Å². The second-order valence-corrected chi connectivity index (χ2v) is 12.8. The zero-order valence-corrected chi connectivity index (χ0v) is 24.1. The highest BCUT2D eigenvalue weighted by molar-refractivity contribution is 7.84. The number of ether oxygens (including phenoxy) is 1. The summed E-state index contributed by atoms with van der Waals surface area (Å²) in [6, 6.07) is 11.7. The summed E-state index contributed by atoms with van der Waals surface area (Å²) in [7, 11) is -1.05. The van der Waals surface area contributed by atoms with Crippen molar-refractivity contribution in [3.8, 4) is 11.5 Å². The van der Waals surface area contributed by atoms with Gasteiger partial charge in [-0.15, -0.1) is 0 Å². The van der Waals surface area contributed by atoms with Gasteiger partial charge in [0.2, 0.25) is 11.8 Å². The fourth-order valence-corrected chi connectivity index (χ4v) is 6.44. The highest BCUT2D eigenvalue weighted by Gasteiger charge is 2.40. The molecule has 2 amide bonds. The zero-order valence-electron chi connectivity index (χ0n) is 23.2. The Kier molecular flexibility index (Phi) is 8.59. The lowest BCUT2D eigenvalue weighted by Gasteiger charge is -2.45. The molecule has 9 heteroatoms. The van der Waals surface area contributed by atoms with Crippen molar-refractivity contribution in [2.45, 2.75) is 63.8 Å². The SMILES string of the molecule is CCC(F)(F)c1ccc(Oc2ccc3c(c2)C(C2CCN(C(=O)C4CC4)CC2)N(C(=O)CCS(C)=O)CC3)cc1. The third-order valence-electron chi connectivity index (χ3n) is 8.50. The highest BCUT2D eigenvalue weighted by atomic mass is 32.2. The van der Waals surface area contributed by atoms with Gasteiger partial charge in [0.15, 0.2) is 0 Å². The van der Waals surface area contributed by atoms with Gasteiger partial charge < -0.3 is 14.5 Å². The number of amides is 2. The van der Waals surface area contributed by atoms with Gasteiger partial charge in [0.1, 0.15) is 11.5 Å². The molecule has 2 aromatic rings. The molecule has 0 bridgehead atoms. The van der Waals surface area contributed by atoms with E-state index >= 15 is 0 Å². The fraction of sp³-hybridized carbons (Fsp3) is 0.548. The Balaban J connectivity index is 1.38. The van der Waals surface area contributed by atoms with Crippen molar-refractivity contribution in [2.75, 3.05) is 31.6 Å². The van der Waals surface area contributed by atoms with Crippen LogP contribution < -0.4 is 4.74 Å². The number of piperidine rings is 1. The third-order valence-corrected chi connectivity index (χ3v) is 9.28. The molecule has 40 heavy (non-hydrogen) atoms. The van der Waals surface area contributed by atoms with Gasteiger partial charge in [0.05, 0.1) is 6.04 Å². The summed E-state index contributed by atoms with van der Waals surface area (Å²) >= 11 is 0. The van der Waals surface area contributed by atoms with Crippen LogP contribution in [0.25, 0.3) is 0 Å². The number of fused-ring (bicyclic) bond motifs is 1. The molecule has 2 unspecified atom stereocenters. The van der Waals surface area contributed by atoms with E-state index in [1.54, 1.807) is 18.4 Å². The van der Waals surface area contributed by atoms with Gasteiger partial charge in [-0.1, -0.05) is 13.0 Å². The van der Waals surface area contributed by atoms with Crippen LogP contribution in [0.1, 0.15) is 68.2 Å². The second kappa shape index (κ2) is 12.0. The van der Waals surface area contributed by atoms with Crippen molar-refractivity contribution in [3.63, 3.8) is 0 Å². The predicted molar refractivity (Wildman–Crippen MR) is 151 cm³/mol. The molecule has 0 spiro atoms. The quantitative estimate of drug-likeness (QED) is 0.380. The molecule has 6 nitrogen and oxygen atoms in total. The summed E-state index contributed by atoms with van der Waals surface area (Å²) in [5, 5.41) is 0. The van der Waals surface area contributed by atoms with Gasteiger partial charge in [-0.3, -0.25) is 13.8 Å². The molecule has 2 aliphatic heterocycles. The largest absolute Gasteiger partial charge is 0.457 e. The van der Waals surface area contributed by atoms with Crippen LogP contribution >= 0.6 is 0 Å². The molecular formula is C31H38F2N2O4S. The number of carbonyl (C=O) groups is 2. The van der Waals surface area contributed by atoms with E-state index in [0.717, 1.165) is 36.8 Å². The smallest absolute Gasteiger partial charge is 0.273 e. The summed E-state index contributed by atoms with van der Waals surface area (Å²) < 4.78 is 45.9. The Morgan fingerprint density at radius 3 is 2.30 bits per heavy atom. The predicted octanol–water partition coefficient (Wildman–Crippen LogP) is 5.82. The number of likely N-dealkylation sites (tertiary alicyclic amines) is 1. The standard InChI is InChI=1S/C31H38F2N2O4S/c1-3-31(32,33)24-7-10-25(11-8-24)39-26-9-6-21-14-18-35(28(36)15-19-40(2)38)29(27(21)20-26)22-12-16-34(17-13-22)30(37)23-4-5-23/h6-11,20,22-23,29H,3-5,12-19H2,1-2H3. The Hall–Kier alpha value is -2.81. The van der Waals surface area contributed by atoms with Crippen LogP contribution in [0, 0.1) is 11.8 Å². The lowest BCUT2D eigenvalue weighted by molar-refractivity contribution is -0.138. The Labute approximate surface area is 237 Å². The maximum absolute atomic E-state index is 14.1. The second-order valence-electron chi connectivity index (χ2n) is 11.3. The first kappa shape index (κ1) is 28.7. The van der Waals surface area contributed by atoms with E-state index in [-0.39, 0.29) is 48.1 Å². The molecule has 2 heterocycles. The van der Waals surface area contributed by atoms with Crippen LogP contribution in [0.3, 0.4) is 0 Å². The molecule has 2 atom stereocenters. The number of benzene rings is 2. The molecule has 0 radical (unpaired) electrons. The van der Waals surface area contributed by atoms with E-state index in [1.165, 1.54) is 19.1 Å². The number of hydrogen-bond donors (Lipinski definition) is 0. The topological polar surface area (TPSA) is 66.9 Å². The number of halogens is 2. The summed E-state index contributed by atoms with van der Waals surface area (Å²) in [5.41, 5.74) is 2.16. The van der Waals surface area contributed by atoms with E-state index in [0.29, 0.717) is 43.3 Å². The van der Waals surface area contributed by atoms with Gasteiger partial charge in [-0.25, -0.2) is 8.78 Å². The van der Waals surface area contributed by atoms with E-state index in [2.05, 4.69) is 0 Å². The average molecular weight is 573 g/mol. The first-order chi connectivity index (χ1) is 19.2. The average Bonchev–Trinajstić information content (AvgIpc) is 3.81. The number of alkyl halides is 2. The van der Waals surface area contributed by atoms with E-state index in [9.17, 15) is 22.6 Å². The molecule has 0 aromatic heterocycles. The zero-order chi connectivity index (χ0) is 28.4. The minimum atomic E-state index is -2.88. The number of rotatable bonds is 9. The van der Waals surface area contributed by atoms with Crippen molar-refractivity contribution >= 4 is 22.6 Å². The highest BCUT2D eigenvalue weighted by Crippen LogP contribution is 2.43. The first-order valence-corrected chi connectivity index (χ1v) is 16.1. The summed E-state index contributed by atoms with van der Waals surface area (Å²) in [4.78, 5) is 30.0. The van der Waals surface area contributed by atoms with Crippen LogP contribution in [-0.2, 0) is 32.7 Å². The summed E-state index contributed by atoms with van der Waals surface area (Å²) in [5.74, 6) is -0.847. The van der Waals surface area contributed by atoms with Crippen molar-refractivity contribution in [3.05, 3.63) is 59.2 Å². The lowest BCUT2D eigenvalue weighted by Crippen LogP contribution is -2.47. The molecule has 3 aliphatic rings. The van der Waals surface area contributed by atoms with Crippen LogP contribution in [0.5, 0.6) is 11.5 Å². The molecule has 1 saturated carbocycles. The Morgan fingerprint density at radius 1 is 1.00 bits per heavy atom. The molecule has 2 aromatic carbocycles. The molecule has 5 rings (SSSR count). The van der Waals surface area contributed by atoms with E-state index < -0.39 is 16.7 Å². The molecule has 1 saturated heterocycles. The van der Waals surface area contributed by atoms with Gasteiger partial charge >= 0.3 is 0 Å². The molecular weight excluding hydrogens is 534 g/mol. The Morgan fingerprint density at radius 2 is 1.68 bits per heavy atom. The molecule has 0 N–H and O–H groups in total. The molecule has 2 fully saturated rings. The number of carbonyl (C=O) groups excluding carboxylic acids is 2. The van der Waals surface area contributed by atoms with Gasteiger partial charge in [0, 0.05) is 66.8 Å². The van der Waals surface area contributed by atoms with E-state index in [1.807, 2.05) is 28.0 Å². The first-order valence-electron chi connectivity index (χ1n) is 14.3. The number of hydrogen-bond acceptors (Lipinski definition) is 4. The maximum atomic E-state index is 14.1. The van der Waals surface area contributed by atoms with Crippen molar-refractivity contribution in [1.29, 1.82) is 0 Å². The maximum Gasteiger partial charge on any atom is 0.273 e. The van der Waals surface area contributed by atoms with Crippen LogP contribution in [-0.4, -0.2) is 57.5 Å². The summed E-state index contributed by atoms with van der Waals surface area (Å²) in [6.45, 7) is 3.44. The van der Waals surface area contributed by atoms with Gasteiger partial charge in [0.25, 0.3) is 5.92 Å². The molecule has 1 aliphatic carbocycles. The van der Waals surface area contributed by atoms with Crippen LogP contribution in [0.15, 0.2) is 42.5 Å². The van der Waals surface area contributed by atoms with Gasteiger partial charge in [-0.05, 0) is 85.5 Å². The minimum absolute atomic E-state index is 0.00102. The third kappa shape index (κ3) is 6.40. The minimum Gasteiger partial charge on any atom is -0.457 e. The van der Waals surface area contributed by atoms with Gasteiger partial charge in [-0.2, -0.15) is 0 Å². The lowest BCUT2D eigenvalue weighted by atomic mass is 9.79.